The van der Waals surface area contributed by atoms with E-state index in [-0.39, 0.29) is 0 Å². The molecule has 118 valence electrons. The number of benzene rings is 1. The minimum atomic E-state index is 0.320. The summed E-state index contributed by atoms with van der Waals surface area (Å²) in [6.45, 7) is 6.71. The van der Waals surface area contributed by atoms with Crippen molar-refractivity contribution in [3.05, 3.63) is 24.3 Å². The van der Waals surface area contributed by atoms with Crippen LogP contribution >= 0.6 is 0 Å². The fraction of sp³-hybridized carbons (Fsp3) is 0.647. The van der Waals surface area contributed by atoms with Crippen molar-refractivity contribution in [3.63, 3.8) is 0 Å². The molecule has 1 saturated heterocycles. The number of rotatable bonds is 8. The third-order valence-electron chi connectivity index (χ3n) is 4.26. The van der Waals surface area contributed by atoms with Gasteiger partial charge in [-0.25, -0.2) is 0 Å². The minimum absolute atomic E-state index is 0.320. The first-order chi connectivity index (χ1) is 10.3. The Balaban J connectivity index is 1.83. The second kappa shape index (κ2) is 8.25. The van der Waals surface area contributed by atoms with E-state index in [1.807, 2.05) is 24.3 Å². The molecular formula is C17H27NO3. The van der Waals surface area contributed by atoms with Gasteiger partial charge in [-0.15, -0.1) is 0 Å². The molecule has 1 fully saturated rings. The van der Waals surface area contributed by atoms with Crippen molar-refractivity contribution in [1.82, 2.24) is 5.32 Å². The Bertz CT molecular complexity index is 399. The summed E-state index contributed by atoms with van der Waals surface area (Å²) >= 11 is 0. The molecule has 1 aliphatic heterocycles. The van der Waals surface area contributed by atoms with E-state index in [1.165, 1.54) is 0 Å². The quantitative estimate of drug-likeness (QED) is 0.800. The molecule has 0 saturated carbocycles. The number of nitrogens with one attached hydrogen (secondary N) is 1. The molecule has 1 N–H and O–H groups in total. The molecule has 0 aliphatic carbocycles. The van der Waals surface area contributed by atoms with Gasteiger partial charge in [-0.3, -0.25) is 0 Å². The molecule has 0 amide bonds. The first-order valence-corrected chi connectivity index (χ1v) is 7.83. The van der Waals surface area contributed by atoms with Crippen LogP contribution in [0.2, 0.25) is 0 Å². The Morgan fingerprint density at radius 1 is 1.14 bits per heavy atom. The lowest BCUT2D eigenvalue weighted by Gasteiger charge is -2.37. The Kier molecular flexibility index (Phi) is 6.33. The second-order valence-electron chi connectivity index (χ2n) is 5.67. The molecular weight excluding hydrogens is 266 g/mol. The van der Waals surface area contributed by atoms with E-state index in [1.54, 1.807) is 7.11 Å². The van der Waals surface area contributed by atoms with Crippen LogP contribution in [0, 0.1) is 5.41 Å². The molecule has 1 heterocycles. The highest BCUT2D eigenvalue weighted by Gasteiger charge is 2.31. The second-order valence-corrected chi connectivity index (χ2v) is 5.67. The van der Waals surface area contributed by atoms with E-state index in [0.717, 1.165) is 63.7 Å². The predicted molar refractivity (Wildman–Crippen MR) is 84.1 cm³/mol. The van der Waals surface area contributed by atoms with Crippen LogP contribution in [0.3, 0.4) is 0 Å². The predicted octanol–water partition coefficient (Wildman–Crippen LogP) is 2.87. The van der Waals surface area contributed by atoms with Gasteiger partial charge in [0.1, 0.15) is 11.5 Å². The maximum Gasteiger partial charge on any atom is 0.119 e. The van der Waals surface area contributed by atoms with Crippen LogP contribution in [0.15, 0.2) is 24.3 Å². The summed E-state index contributed by atoms with van der Waals surface area (Å²) in [7, 11) is 1.67. The summed E-state index contributed by atoms with van der Waals surface area (Å²) < 4.78 is 16.6. The Labute approximate surface area is 127 Å². The van der Waals surface area contributed by atoms with Crippen molar-refractivity contribution >= 4 is 0 Å². The summed E-state index contributed by atoms with van der Waals surface area (Å²) in [4.78, 5) is 0. The topological polar surface area (TPSA) is 39.7 Å². The molecule has 0 atom stereocenters. The van der Waals surface area contributed by atoms with E-state index < -0.39 is 0 Å². The SMILES string of the molecule is CCNCC1(CCOc2ccc(OC)cc2)CCOCC1. The van der Waals surface area contributed by atoms with Gasteiger partial charge in [0, 0.05) is 19.8 Å². The van der Waals surface area contributed by atoms with Crippen molar-refractivity contribution in [1.29, 1.82) is 0 Å². The first-order valence-electron chi connectivity index (χ1n) is 7.83. The molecule has 0 aromatic heterocycles. The molecule has 0 spiro atoms. The van der Waals surface area contributed by atoms with Gasteiger partial charge in [0.25, 0.3) is 0 Å². The summed E-state index contributed by atoms with van der Waals surface area (Å²) in [6, 6.07) is 7.77. The van der Waals surface area contributed by atoms with E-state index >= 15 is 0 Å². The van der Waals surface area contributed by atoms with E-state index in [2.05, 4.69) is 12.2 Å². The summed E-state index contributed by atoms with van der Waals surface area (Å²) in [5.41, 5.74) is 0.320. The lowest BCUT2D eigenvalue weighted by atomic mass is 9.77. The lowest BCUT2D eigenvalue weighted by Crippen LogP contribution is -2.40. The highest BCUT2D eigenvalue weighted by molar-refractivity contribution is 5.31. The zero-order chi connectivity index (χ0) is 15.0. The van der Waals surface area contributed by atoms with Gasteiger partial charge in [-0.05, 0) is 55.5 Å². The largest absolute Gasteiger partial charge is 0.497 e. The summed E-state index contributed by atoms with van der Waals surface area (Å²) in [5.74, 6) is 1.76. The molecule has 1 aromatic rings. The fourth-order valence-corrected chi connectivity index (χ4v) is 2.77. The van der Waals surface area contributed by atoms with Gasteiger partial charge in [-0.1, -0.05) is 6.92 Å². The molecule has 21 heavy (non-hydrogen) atoms. The Hall–Kier alpha value is -1.26. The van der Waals surface area contributed by atoms with Gasteiger partial charge in [0.15, 0.2) is 0 Å². The highest BCUT2D eigenvalue weighted by atomic mass is 16.5. The minimum Gasteiger partial charge on any atom is -0.497 e. The van der Waals surface area contributed by atoms with Crippen molar-refractivity contribution in [2.75, 3.05) is 40.0 Å². The summed E-state index contributed by atoms with van der Waals surface area (Å²) in [6.07, 6.45) is 3.30. The van der Waals surface area contributed by atoms with E-state index in [4.69, 9.17) is 14.2 Å². The van der Waals surface area contributed by atoms with Crippen LogP contribution in [0.25, 0.3) is 0 Å². The van der Waals surface area contributed by atoms with Crippen LogP contribution in [0.5, 0.6) is 11.5 Å². The molecule has 2 rings (SSSR count). The Morgan fingerprint density at radius 3 is 2.43 bits per heavy atom. The normalized spacial score (nSPS) is 17.4. The van der Waals surface area contributed by atoms with Crippen LogP contribution in [-0.4, -0.2) is 40.0 Å². The average molecular weight is 293 g/mol. The number of methoxy groups -OCH3 is 1. The Morgan fingerprint density at radius 2 is 1.81 bits per heavy atom. The third kappa shape index (κ3) is 4.90. The lowest BCUT2D eigenvalue weighted by molar-refractivity contribution is 0.00449. The van der Waals surface area contributed by atoms with Crippen molar-refractivity contribution in [2.45, 2.75) is 26.2 Å². The van der Waals surface area contributed by atoms with Crippen molar-refractivity contribution < 1.29 is 14.2 Å². The van der Waals surface area contributed by atoms with E-state index in [9.17, 15) is 0 Å². The maximum atomic E-state index is 5.89. The smallest absolute Gasteiger partial charge is 0.119 e. The molecule has 1 aromatic carbocycles. The van der Waals surface area contributed by atoms with Gasteiger partial charge in [0.05, 0.1) is 13.7 Å². The monoisotopic (exact) mass is 293 g/mol. The van der Waals surface area contributed by atoms with Gasteiger partial charge in [0.2, 0.25) is 0 Å². The average Bonchev–Trinajstić information content (AvgIpc) is 2.55. The van der Waals surface area contributed by atoms with Gasteiger partial charge < -0.3 is 19.5 Å². The third-order valence-corrected chi connectivity index (χ3v) is 4.26. The van der Waals surface area contributed by atoms with Gasteiger partial charge in [-0.2, -0.15) is 0 Å². The van der Waals surface area contributed by atoms with E-state index in [0.29, 0.717) is 5.41 Å². The van der Waals surface area contributed by atoms with Crippen LogP contribution < -0.4 is 14.8 Å². The molecule has 4 nitrogen and oxygen atoms in total. The highest BCUT2D eigenvalue weighted by Crippen LogP contribution is 2.33. The molecule has 1 aliphatic rings. The number of hydrogen-bond donors (Lipinski definition) is 1. The van der Waals surface area contributed by atoms with Crippen LogP contribution in [-0.2, 0) is 4.74 Å². The van der Waals surface area contributed by atoms with Crippen LogP contribution in [0.4, 0.5) is 0 Å². The summed E-state index contributed by atoms with van der Waals surface area (Å²) in [5, 5.41) is 3.49. The maximum absolute atomic E-state index is 5.89. The van der Waals surface area contributed by atoms with Crippen molar-refractivity contribution in [2.24, 2.45) is 5.41 Å². The van der Waals surface area contributed by atoms with Gasteiger partial charge >= 0.3 is 0 Å². The fourth-order valence-electron chi connectivity index (χ4n) is 2.77. The number of ether oxygens (including phenoxy) is 3. The molecule has 0 bridgehead atoms. The zero-order valence-corrected chi connectivity index (χ0v) is 13.2. The standard InChI is InChI=1S/C17H27NO3/c1-3-18-14-17(8-11-20-12-9-17)10-13-21-16-6-4-15(19-2)5-7-16/h4-7,18H,3,8-14H2,1-2H3. The first kappa shape index (κ1) is 16.1. The number of hydrogen-bond acceptors (Lipinski definition) is 4. The molecule has 4 heteroatoms. The molecule has 0 unspecified atom stereocenters. The van der Waals surface area contributed by atoms with Crippen LogP contribution in [0.1, 0.15) is 26.2 Å². The molecule has 0 radical (unpaired) electrons. The van der Waals surface area contributed by atoms with Crippen molar-refractivity contribution in [3.8, 4) is 11.5 Å². The zero-order valence-electron chi connectivity index (χ0n) is 13.2.